The van der Waals surface area contributed by atoms with Gasteiger partial charge in [0.15, 0.2) is 5.13 Å². The van der Waals surface area contributed by atoms with E-state index < -0.39 is 11.9 Å². The molecule has 1 aliphatic rings. The van der Waals surface area contributed by atoms with Crippen molar-refractivity contribution in [2.24, 2.45) is 17.8 Å². The Balaban J connectivity index is 1.95. The molecule has 1 N–H and O–H groups in total. The lowest BCUT2D eigenvalue weighted by Gasteiger charge is -2.33. The average molecular weight is 419 g/mol. The van der Waals surface area contributed by atoms with E-state index in [9.17, 15) is 14.7 Å². The van der Waals surface area contributed by atoms with Crippen molar-refractivity contribution in [3.8, 4) is 11.3 Å². The maximum atomic E-state index is 13.3. The number of hydrogen-bond donors (Lipinski definition) is 1. The van der Waals surface area contributed by atoms with Gasteiger partial charge in [-0.15, -0.1) is 11.3 Å². The number of aliphatic carboxylic acids is 1. The molecule has 148 valence electrons. The molecule has 0 saturated heterocycles. The molecule has 0 unspecified atom stereocenters. The zero-order valence-electron chi connectivity index (χ0n) is 15.8. The van der Waals surface area contributed by atoms with Crippen molar-refractivity contribution >= 4 is 39.9 Å². The minimum atomic E-state index is -0.954. The quantitative estimate of drug-likeness (QED) is 0.684. The van der Waals surface area contributed by atoms with Gasteiger partial charge in [-0.25, -0.2) is 4.98 Å². The van der Waals surface area contributed by atoms with Crippen LogP contribution in [0.25, 0.3) is 11.3 Å². The summed E-state index contributed by atoms with van der Waals surface area (Å²) in [7, 11) is 0. The highest BCUT2D eigenvalue weighted by molar-refractivity contribution is 7.14. The highest BCUT2D eigenvalue weighted by Gasteiger charge is 2.36. The molecule has 1 aromatic heterocycles. The van der Waals surface area contributed by atoms with E-state index in [1.807, 2.05) is 49.6 Å². The van der Waals surface area contributed by atoms with E-state index in [-0.39, 0.29) is 24.2 Å². The Morgan fingerprint density at radius 2 is 2.11 bits per heavy atom. The molecular formula is C21H23ClN2O3S. The van der Waals surface area contributed by atoms with Gasteiger partial charge in [0.2, 0.25) is 5.91 Å². The number of hydrogen-bond acceptors (Lipinski definition) is 4. The molecule has 7 heteroatoms. The molecule has 1 aromatic carbocycles. The second-order valence-corrected chi connectivity index (χ2v) is 8.51. The number of carboxylic acids is 1. The van der Waals surface area contributed by atoms with Gasteiger partial charge >= 0.3 is 5.97 Å². The summed E-state index contributed by atoms with van der Waals surface area (Å²) in [5, 5.41) is 12.4. The third-order valence-corrected chi connectivity index (χ3v) is 6.28. The normalized spacial score (nSPS) is 20.3. The lowest BCUT2D eigenvalue weighted by molar-refractivity contribution is -0.142. The molecule has 0 fully saturated rings. The summed E-state index contributed by atoms with van der Waals surface area (Å²) < 4.78 is 0. The van der Waals surface area contributed by atoms with Crippen molar-refractivity contribution in [3.05, 3.63) is 46.8 Å². The van der Waals surface area contributed by atoms with Crippen LogP contribution in [0.15, 0.2) is 41.8 Å². The molecule has 28 heavy (non-hydrogen) atoms. The second-order valence-electron chi connectivity index (χ2n) is 7.26. The zero-order valence-corrected chi connectivity index (χ0v) is 17.4. The van der Waals surface area contributed by atoms with Gasteiger partial charge < -0.3 is 5.11 Å². The smallest absolute Gasteiger partial charge is 0.304 e. The van der Waals surface area contributed by atoms with Crippen molar-refractivity contribution in [3.63, 3.8) is 0 Å². The molecule has 2 atom stereocenters. The first-order chi connectivity index (χ1) is 13.4. The first kappa shape index (κ1) is 20.6. The summed E-state index contributed by atoms with van der Waals surface area (Å²) in [5.74, 6) is -1.52. The summed E-state index contributed by atoms with van der Waals surface area (Å²) in [6.07, 6.45) is 4.54. The van der Waals surface area contributed by atoms with Gasteiger partial charge in [-0.05, 0) is 24.3 Å². The third kappa shape index (κ3) is 4.45. The van der Waals surface area contributed by atoms with Crippen LogP contribution < -0.4 is 4.90 Å². The Morgan fingerprint density at radius 1 is 1.36 bits per heavy atom. The molecule has 2 aromatic rings. The lowest BCUT2D eigenvalue weighted by atomic mass is 9.78. The predicted octanol–water partition coefficient (Wildman–Crippen LogP) is 5.12. The van der Waals surface area contributed by atoms with Crippen LogP contribution in [0.3, 0.4) is 0 Å². The molecule has 0 bridgehead atoms. The van der Waals surface area contributed by atoms with Crippen molar-refractivity contribution < 1.29 is 14.7 Å². The minimum absolute atomic E-state index is 0.0225. The number of halogens is 1. The Labute approximate surface area is 173 Å². The number of amides is 1. The molecule has 0 radical (unpaired) electrons. The van der Waals surface area contributed by atoms with Crippen molar-refractivity contribution in [2.75, 3.05) is 11.4 Å². The molecule has 0 saturated carbocycles. The lowest BCUT2D eigenvalue weighted by Crippen LogP contribution is -2.42. The van der Waals surface area contributed by atoms with Crippen LogP contribution in [0, 0.1) is 17.8 Å². The number of carbonyl (C=O) groups is 2. The number of allylic oxidation sites excluding steroid dienone is 1. The number of benzene rings is 1. The first-order valence-corrected chi connectivity index (χ1v) is 10.5. The largest absolute Gasteiger partial charge is 0.481 e. The fourth-order valence-corrected chi connectivity index (χ4v) is 4.66. The molecule has 5 nitrogen and oxygen atoms in total. The molecule has 2 heterocycles. The maximum absolute atomic E-state index is 13.3. The number of anilines is 1. The standard InChI is InChI=1S/C21H23ClN2O3S/c1-13(2)14-7-5-6-10-24(20(27)16(14)11-19(25)26)21-23-18(12-28-21)15-8-3-4-9-17(15)22/h3-6,8-9,12-14,16H,7,10-11H2,1-2H3,(H,25,26)/t14-,16-/m0/s1. The number of rotatable bonds is 5. The molecular weight excluding hydrogens is 396 g/mol. The highest BCUT2D eigenvalue weighted by Crippen LogP contribution is 2.35. The average Bonchev–Trinajstić information content (AvgIpc) is 3.11. The van der Waals surface area contributed by atoms with Gasteiger partial charge in [0.1, 0.15) is 0 Å². The van der Waals surface area contributed by atoms with Crippen LogP contribution in [0.2, 0.25) is 5.02 Å². The van der Waals surface area contributed by atoms with Gasteiger partial charge in [0.05, 0.1) is 18.0 Å². The van der Waals surface area contributed by atoms with Gasteiger partial charge in [0.25, 0.3) is 0 Å². The summed E-state index contributed by atoms with van der Waals surface area (Å²) in [5.41, 5.74) is 1.52. The number of carboxylic acid groups (broad SMARTS) is 1. The summed E-state index contributed by atoms with van der Waals surface area (Å²) >= 11 is 7.64. The van der Waals surface area contributed by atoms with E-state index >= 15 is 0 Å². The van der Waals surface area contributed by atoms with Crippen LogP contribution in [0.1, 0.15) is 26.7 Å². The predicted molar refractivity (Wildman–Crippen MR) is 113 cm³/mol. The highest BCUT2D eigenvalue weighted by atomic mass is 35.5. The summed E-state index contributed by atoms with van der Waals surface area (Å²) in [4.78, 5) is 31.0. The van der Waals surface area contributed by atoms with E-state index in [0.717, 1.165) is 5.56 Å². The first-order valence-electron chi connectivity index (χ1n) is 9.27. The van der Waals surface area contributed by atoms with Gasteiger partial charge in [0, 0.05) is 22.5 Å². The molecule has 1 amide bonds. The van der Waals surface area contributed by atoms with Crippen LogP contribution in [0.5, 0.6) is 0 Å². The van der Waals surface area contributed by atoms with Crippen LogP contribution in [-0.2, 0) is 9.59 Å². The topological polar surface area (TPSA) is 70.5 Å². The Morgan fingerprint density at radius 3 is 2.79 bits per heavy atom. The third-order valence-electron chi connectivity index (χ3n) is 5.09. The zero-order chi connectivity index (χ0) is 20.3. The van der Waals surface area contributed by atoms with Crippen LogP contribution in [0.4, 0.5) is 5.13 Å². The SMILES string of the molecule is CC(C)[C@@H]1CC=CCN(c2nc(-c3ccccc3Cl)cs2)C(=O)[C@H]1CC(=O)O. The van der Waals surface area contributed by atoms with Gasteiger partial charge in [-0.2, -0.15) is 0 Å². The van der Waals surface area contributed by atoms with E-state index in [0.29, 0.717) is 28.8 Å². The van der Waals surface area contributed by atoms with E-state index in [2.05, 4.69) is 4.98 Å². The van der Waals surface area contributed by atoms with Crippen LogP contribution in [-0.4, -0.2) is 28.5 Å². The molecule has 0 aliphatic carbocycles. The number of nitrogens with zero attached hydrogens (tertiary/aromatic N) is 2. The molecule has 0 spiro atoms. The van der Waals surface area contributed by atoms with Crippen molar-refractivity contribution in [2.45, 2.75) is 26.7 Å². The summed E-state index contributed by atoms with van der Waals surface area (Å²) in [6.45, 7) is 4.45. The van der Waals surface area contributed by atoms with Crippen molar-refractivity contribution in [1.82, 2.24) is 4.98 Å². The van der Waals surface area contributed by atoms with Crippen molar-refractivity contribution in [1.29, 1.82) is 0 Å². The Kier molecular flexibility index (Phi) is 6.52. The Bertz CT molecular complexity index is 893. The molecule has 3 rings (SSSR count). The van der Waals surface area contributed by atoms with E-state index in [4.69, 9.17) is 11.6 Å². The van der Waals surface area contributed by atoms with Gasteiger partial charge in [-0.3, -0.25) is 14.5 Å². The van der Waals surface area contributed by atoms with E-state index in [1.165, 1.54) is 11.3 Å². The number of aromatic nitrogens is 1. The fraction of sp³-hybridized carbons (Fsp3) is 0.381. The van der Waals surface area contributed by atoms with Crippen LogP contribution >= 0.6 is 22.9 Å². The maximum Gasteiger partial charge on any atom is 0.304 e. The number of carbonyl (C=O) groups excluding carboxylic acids is 1. The summed E-state index contributed by atoms with van der Waals surface area (Å²) in [6, 6.07) is 7.43. The fourth-order valence-electron chi connectivity index (χ4n) is 3.59. The molecule has 1 aliphatic heterocycles. The number of thiazole rings is 1. The minimum Gasteiger partial charge on any atom is -0.481 e. The van der Waals surface area contributed by atoms with E-state index in [1.54, 1.807) is 11.0 Å². The van der Waals surface area contributed by atoms with Gasteiger partial charge in [-0.1, -0.05) is 55.8 Å². The second kappa shape index (κ2) is 8.88. The monoisotopic (exact) mass is 418 g/mol. The Hall–Kier alpha value is -2.18.